The number of ketones is 1. The Morgan fingerprint density at radius 1 is 0.786 bits per heavy atom. The highest BCUT2D eigenvalue weighted by Crippen LogP contribution is 2.26. The zero-order valence-corrected chi connectivity index (χ0v) is 23.6. The second kappa shape index (κ2) is 11.2. The predicted molar refractivity (Wildman–Crippen MR) is 168 cm³/mol. The van der Waals surface area contributed by atoms with Crippen molar-refractivity contribution in [3.8, 4) is 11.1 Å². The van der Waals surface area contributed by atoms with Crippen molar-refractivity contribution in [2.75, 3.05) is 31.1 Å². The van der Waals surface area contributed by atoms with Crippen LogP contribution in [-0.4, -0.2) is 56.4 Å². The van der Waals surface area contributed by atoms with Crippen LogP contribution in [0.2, 0.25) is 0 Å². The zero-order chi connectivity index (χ0) is 28.5. The Labute approximate surface area is 245 Å². The minimum Gasteiger partial charge on any atom is -0.353 e. The molecule has 7 rings (SSSR count). The average molecular weight is 553 g/mol. The summed E-state index contributed by atoms with van der Waals surface area (Å²) in [6.45, 7) is 4.71. The van der Waals surface area contributed by atoms with Gasteiger partial charge >= 0.3 is 0 Å². The number of hydrogen-bond donors (Lipinski definition) is 0. The minimum atomic E-state index is 0.118. The first-order valence-corrected chi connectivity index (χ1v) is 14.4. The van der Waals surface area contributed by atoms with Crippen molar-refractivity contribution >= 4 is 33.5 Å². The van der Waals surface area contributed by atoms with Crippen LogP contribution in [0.3, 0.4) is 0 Å². The number of piperazine rings is 1. The smallest absolute Gasteiger partial charge is 0.183 e. The monoisotopic (exact) mass is 552 g/mol. The molecule has 0 spiro atoms. The van der Waals surface area contributed by atoms with Gasteiger partial charge in [-0.25, -0.2) is 4.98 Å². The molecule has 7 nitrogen and oxygen atoms in total. The molecule has 7 heteroatoms. The number of carbonyl (C=O) groups is 1. The Balaban J connectivity index is 1.03. The van der Waals surface area contributed by atoms with Gasteiger partial charge in [0.1, 0.15) is 5.82 Å². The minimum absolute atomic E-state index is 0.118. The molecule has 0 bridgehead atoms. The summed E-state index contributed by atoms with van der Waals surface area (Å²) in [4.78, 5) is 31.8. The summed E-state index contributed by atoms with van der Waals surface area (Å²) >= 11 is 0. The van der Waals surface area contributed by atoms with Gasteiger partial charge in [-0.05, 0) is 52.6 Å². The molecule has 1 fully saturated rings. The molecule has 0 N–H and O–H groups in total. The Morgan fingerprint density at radius 2 is 1.60 bits per heavy atom. The Kier molecular flexibility index (Phi) is 6.93. The molecule has 208 valence electrons. The summed E-state index contributed by atoms with van der Waals surface area (Å²) in [6, 6.07) is 28.7. The van der Waals surface area contributed by atoms with Gasteiger partial charge in [-0.1, -0.05) is 54.6 Å². The number of nitrogens with zero attached hydrogens (tertiary/aromatic N) is 6. The van der Waals surface area contributed by atoms with E-state index in [1.807, 2.05) is 84.8 Å². The van der Waals surface area contributed by atoms with Gasteiger partial charge in [0, 0.05) is 69.5 Å². The zero-order valence-electron chi connectivity index (χ0n) is 23.6. The van der Waals surface area contributed by atoms with Crippen molar-refractivity contribution < 1.29 is 4.79 Å². The predicted octanol–water partition coefficient (Wildman–Crippen LogP) is 5.93. The SMILES string of the molecule is Cn1c(C(=O)Cc2ccc(-c3ccc4ncc(N5CCN(Cc6cccnc6)CC5)nc4c3)cc2)cc2ccccc21. The molecule has 4 heterocycles. The highest BCUT2D eigenvalue weighted by atomic mass is 16.1. The van der Waals surface area contributed by atoms with Crippen molar-refractivity contribution in [3.63, 3.8) is 0 Å². The van der Waals surface area contributed by atoms with E-state index in [1.165, 1.54) is 5.56 Å². The standard InChI is InChI=1S/C35H32N6O/c1-39-32-7-3-2-6-29(32)21-33(39)34(42)19-25-8-10-27(11-9-25)28-12-13-30-31(20-28)38-35(23-37-30)41-17-15-40(16-18-41)24-26-5-4-14-36-22-26/h2-14,20-23H,15-19,24H2,1H3. The quantitative estimate of drug-likeness (QED) is 0.229. The van der Waals surface area contributed by atoms with Gasteiger partial charge in [0.25, 0.3) is 0 Å². The number of para-hydroxylation sites is 1. The van der Waals surface area contributed by atoms with Crippen molar-refractivity contribution in [1.82, 2.24) is 24.4 Å². The van der Waals surface area contributed by atoms with Gasteiger partial charge in [0.15, 0.2) is 5.78 Å². The number of pyridine rings is 1. The van der Waals surface area contributed by atoms with E-state index in [0.29, 0.717) is 6.42 Å². The average Bonchev–Trinajstić information content (AvgIpc) is 3.38. The maximum absolute atomic E-state index is 13.1. The highest BCUT2D eigenvalue weighted by molar-refractivity contribution is 6.01. The third kappa shape index (κ3) is 5.27. The Morgan fingerprint density at radius 3 is 2.38 bits per heavy atom. The molecule has 1 aliphatic rings. The third-order valence-corrected chi connectivity index (χ3v) is 8.24. The number of aromatic nitrogens is 4. The van der Waals surface area contributed by atoms with Gasteiger partial charge in [-0.15, -0.1) is 0 Å². The fraction of sp³-hybridized carbons (Fsp3) is 0.200. The normalized spacial score (nSPS) is 14.1. The van der Waals surface area contributed by atoms with E-state index in [-0.39, 0.29) is 5.78 Å². The van der Waals surface area contributed by atoms with Crippen LogP contribution in [0.15, 0.2) is 104 Å². The Bertz CT molecular complexity index is 1870. The van der Waals surface area contributed by atoms with Crippen LogP contribution in [0.4, 0.5) is 5.82 Å². The van der Waals surface area contributed by atoms with E-state index in [4.69, 9.17) is 9.97 Å². The summed E-state index contributed by atoms with van der Waals surface area (Å²) < 4.78 is 1.98. The van der Waals surface area contributed by atoms with Crippen molar-refractivity contribution in [3.05, 3.63) is 120 Å². The number of fused-ring (bicyclic) bond motifs is 2. The number of hydrogen-bond acceptors (Lipinski definition) is 6. The van der Waals surface area contributed by atoms with E-state index in [1.54, 1.807) is 0 Å². The largest absolute Gasteiger partial charge is 0.353 e. The molecule has 1 aliphatic heterocycles. The molecule has 0 radical (unpaired) electrons. The van der Waals surface area contributed by atoms with Gasteiger partial charge in [0.2, 0.25) is 0 Å². The van der Waals surface area contributed by atoms with Gasteiger partial charge in [-0.3, -0.25) is 19.7 Å². The van der Waals surface area contributed by atoms with Crippen molar-refractivity contribution in [2.24, 2.45) is 7.05 Å². The van der Waals surface area contributed by atoms with Crippen LogP contribution in [0.5, 0.6) is 0 Å². The van der Waals surface area contributed by atoms with E-state index in [9.17, 15) is 4.79 Å². The maximum atomic E-state index is 13.1. The van der Waals surface area contributed by atoms with E-state index >= 15 is 0 Å². The van der Waals surface area contributed by atoms with Crippen molar-refractivity contribution in [1.29, 1.82) is 0 Å². The summed E-state index contributed by atoms with van der Waals surface area (Å²) in [7, 11) is 1.95. The van der Waals surface area contributed by atoms with E-state index < -0.39 is 0 Å². The van der Waals surface area contributed by atoms with Gasteiger partial charge in [-0.2, -0.15) is 0 Å². The van der Waals surface area contributed by atoms with Crippen LogP contribution in [0.25, 0.3) is 33.1 Å². The molecule has 0 amide bonds. The molecule has 3 aromatic carbocycles. The number of carbonyl (C=O) groups excluding carboxylic acids is 1. The first kappa shape index (κ1) is 26.0. The summed E-state index contributed by atoms with van der Waals surface area (Å²) in [5, 5.41) is 1.09. The molecule has 6 aromatic rings. The molecule has 1 saturated heterocycles. The van der Waals surface area contributed by atoms with Gasteiger partial charge < -0.3 is 9.47 Å². The fourth-order valence-electron chi connectivity index (χ4n) is 5.87. The van der Waals surface area contributed by atoms with E-state index in [0.717, 1.165) is 82.9 Å². The lowest BCUT2D eigenvalue weighted by atomic mass is 10.0. The highest BCUT2D eigenvalue weighted by Gasteiger charge is 2.19. The fourth-order valence-corrected chi connectivity index (χ4v) is 5.87. The second-order valence-corrected chi connectivity index (χ2v) is 11.0. The van der Waals surface area contributed by atoms with Crippen LogP contribution in [0.1, 0.15) is 21.6 Å². The second-order valence-electron chi connectivity index (χ2n) is 11.0. The van der Waals surface area contributed by atoms with Crippen LogP contribution >= 0.6 is 0 Å². The topological polar surface area (TPSA) is 67.2 Å². The summed E-state index contributed by atoms with van der Waals surface area (Å²) in [6.07, 6.45) is 6.02. The lowest BCUT2D eigenvalue weighted by molar-refractivity contribution is 0.0985. The van der Waals surface area contributed by atoms with Gasteiger partial charge in [0.05, 0.1) is 22.9 Å². The maximum Gasteiger partial charge on any atom is 0.183 e. The number of aryl methyl sites for hydroxylation is 1. The first-order valence-electron chi connectivity index (χ1n) is 14.4. The van der Waals surface area contributed by atoms with Crippen LogP contribution in [0, 0.1) is 0 Å². The summed E-state index contributed by atoms with van der Waals surface area (Å²) in [5.41, 5.74) is 8.00. The molecular formula is C35H32N6O. The number of benzene rings is 3. The molecule has 0 aliphatic carbocycles. The molecule has 0 unspecified atom stereocenters. The Hall–Kier alpha value is -4.88. The molecular weight excluding hydrogens is 520 g/mol. The van der Waals surface area contributed by atoms with E-state index in [2.05, 4.69) is 45.1 Å². The van der Waals surface area contributed by atoms with Crippen molar-refractivity contribution in [2.45, 2.75) is 13.0 Å². The lowest BCUT2D eigenvalue weighted by Gasteiger charge is -2.35. The number of Topliss-reactive ketones (excluding diaryl/α,β-unsaturated/α-hetero) is 1. The lowest BCUT2D eigenvalue weighted by Crippen LogP contribution is -2.46. The third-order valence-electron chi connectivity index (χ3n) is 8.24. The summed E-state index contributed by atoms with van der Waals surface area (Å²) in [5.74, 6) is 1.04. The molecule has 0 saturated carbocycles. The number of rotatable bonds is 7. The molecule has 0 atom stereocenters. The molecule has 42 heavy (non-hydrogen) atoms. The van der Waals surface area contributed by atoms with Crippen LogP contribution < -0.4 is 4.90 Å². The van der Waals surface area contributed by atoms with Crippen LogP contribution in [-0.2, 0) is 20.0 Å². The first-order chi connectivity index (χ1) is 20.6. The number of anilines is 1. The molecule has 3 aromatic heterocycles.